The molecule has 0 spiro atoms. The summed E-state index contributed by atoms with van der Waals surface area (Å²) in [6, 6.07) is 9.37. The lowest BCUT2D eigenvalue weighted by Crippen LogP contribution is -2.47. The largest absolute Gasteiger partial charge is 0.493 e. The Labute approximate surface area is 213 Å². The van der Waals surface area contributed by atoms with Crippen LogP contribution in [0.4, 0.5) is 10.6 Å². The first-order valence-electron chi connectivity index (χ1n) is 12.6. The van der Waals surface area contributed by atoms with E-state index < -0.39 is 0 Å². The molecule has 1 N–H and O–H groups in total. The predicted molar refractivity (Wildman–Crippen MR) is 140 cm³/mol. The van der Waals surface area contributed by atoms with Gasteiger partial charge in [0.05, 0.1) is 19.9 Å². The summed E-state index contributed by atoms with van der Waals surface area (Å²) in [4.78, 5) is 31.0. The number of nitrogens with one attached hydrogen (secondary N) is 1. The Morgan fingerprint density at radius 1 is 0.972 bits per heavy atom. The Kier molecular flexibility index (Phi) is 10.1. The fourth-order valence-electron chi connectivity index (χ4n) is 4.17. The van der Waals surface area contributed by atoms with E-state index in [1.54, 1.807) is 19.1 Å². The van der Waals surface area contributed by atoms with Crippen LogP contribution in [0.15, 0.2) is 30.3 Å². The van der Waals surface area contributed by atoms with Crippen LogP contribution in [0.25, 0.3) is 11.3 Å². The molecular formula is C26H38N6O4. The van der Waals surface area contributed by atoms with Gasteiger partial charge >= 0.3 is 6.03 Å². The molecule has 36 heavy (non-hydrogen) atoms. The molecule has 0 bridgehead atoms. The Morgan fingerprint density at radius 3 is 2.44 bits per heavy atom. The van der Waals surface area contributed by atoms with Gasteiger partial charge in [-0.05, 0) is 49.6 Å². The zero-order chi connectivity index (χ0) is 25.9. The van der Waals surface area contributed by atoms with Crippen LogP contribution in [-0.2, 0) is 4.79 Å². The van der Waals surface area contributed by atoms with Crippen molar-refractivity contribution in [3.05, 3.63) is 30.3 Å². The number of hydrogen-bond acceptors (Lipinski definition) is 7. The van der Waals surface area contributed by atoms with Crippen LogP contribution in [0.3, 0.4) is 0 Å². The molecule has 1 aromatic carbocycles. The highest BCUT2D eigenvalue weighted by Crippen LogP contribution is 2.31. The van der Waals surface area contributed by atoms with Crippen molar-refractivity contribution in [1.29, 1.82) is 0 Å². The molecule has 0 unspecified atom stereocenters. The zero-order valence-electron chi connectivity index (χ0n) is 21.8. The quantitative estimate of drug-likeness (QED) is 0.537. The Morgan fingerprint density at radius 2 is 1.78 bits per heavy atom. The lowest BCUT2D eigenvalue weighted by Gasteiger charge is -2.27. The van der Waals surface area contributed by atoms with E-state index in [2.05, 4.69) is 20.4 Å². The normalized spacial score (nSPS) is 13.7. The first kappa shape index (κ1) is 27.0. The average Bonchev–Trinajstić information content (AvgIpc) is 3.17. The van der Waals surface area contributed by atoms with Gasteiger partial charge in [0, 0.05) is 44.8 Å². The van der Waals surface area contributed by atoms with Crippen molar-refractivity contribution >= 4 is 17.8 Å². The summed E-state index contributed by atoms with van der Waals surface area (Å²) >= 11 is 0. The van der Waals surface area contributed by atoms with E-state index in [4.69, 9.17) is 9.47 Å². The van der Waals surface area contributed by atoms with Gasteiger partial charge in [-0.3, -0.25) is 4.79 Å². The highest BCUT2D eigenvalue weighted by molar-refractivity contribution is 5.84. The number of aromatic nitrogens is 2. The number of hydrogen-bond donors (Lipinski definition) is 1. The van der Waals surface area contributed by atoms with E-state index in [1.165, 1.54) is 0 Å². The van der Waals surface area contributed by atoms with Crippen molar-refractivity contribution in [2.24, 2.45) is 0 Å². The van der Waals surface area contributed by atoms with E-state index in [0.29, 0.717) is 44.2 Å². The standard InChI is InChI=1S/C26H38N6O4/c1-5-12-27-26(34)32(13-6-2)19-25(33)31-15-7-14-30(16-17-31)24-11-9-21(28-29-24)20-8-10-22(35-3)23(18-20)36-4/h8-11,18H,5-7,12-17,19H2,1-4H3,(H,27,34). The second-order valence-electron chi connectivity index (χ2n) is 8.72. The van der Waals surface area contributed by atoms with Crippen LogP contribution in [0.1, 0.15) is 33.1 Å². The summed E-state index contributed by atoms with van der Waals surface area (Å²) in [5.74, 6) is 2.05. The number of methoxy groups -OCH3 is 2. The molecule has 1 aliphatic heterocycles. The van der Waals surface area contributed by atoms with E-state index in [0.717, 1.165) is 42.9 Å². The minimum absolute atomic E-state index is 0.0215. The average molecular weight is 499 g/mol. The molecule has 1 aliphatic rings. The summed E-state index contributed by atoms with van der Waals surface area (Å²) < 4.78 is 10.7. The second kappa shape index (κ2) is 13.5. The van der Waals surface area contributed by atoms with Crippen molar-refractivity contribution in [3.8, 4) is 22.8 Å². The zero-order valence-corrected chi connectivity index (χ0v) is 21.8. The number of ether oxygens (including phenoxy) is 2. The molecule has 0 saturated carbocycles. The smallest absolute Gasteiger partial charge is 0.317 e. The summed E-state index contributed by atoms with van der Waals surface area (Å²) in [5.41, 5.74) is 1.63. The van der Waals surface area contributed by atoms with Gasteiger partial charge in [-0.15, -0.1) is 10.2 Å². The van der Waals surface area contributed by atoms with Gasteiger partial charge in [0.15, 0.2) is 17.3 Å². The number of amides is 3. The van der Waals surface area contributed by atoms with E-state index in [9.17, 15) is 9.59 Å². The Bertz CT molecular complexity index is 1000. The van der Waals surface area contributed by atoms with Crippen molar-refractivity contribution in [3.63, 3.8) is 0 Å². The number of carbonyl (C=O) groups is 2. The van der Waals surface area contributed by atoms with Gasteiger partial charge in [-0.2, -0.15) is 0 Å². The highest BCUT2D eigenvalue weighted by atomic mass is 16.5. The molecule has 2 aromatic rings. The molecule has 1 fully saturated rings. The van der Waals surface area contributed by atoms with E-state index >= 15 is 0 Å². The molecular weight excluding hydrogens is 460 g/mol. The number of carbonyl (C=O) groups excluding carboxylic acids is 2. The van der Waals surface area contributed by atoms with Crippen LogP contribution < -0.4 is 19.7 Å². The SMILES string of the molecule is CCCNC(=O)N(CCC)CC(=O)N1CCCN(c2ccc(-c3ccc(OC)c(OC)c3)nn2)CC1. The number of rotatable bonds is 10. The van der Waals surface area contributed by atoms with Crippen molar-refractivity contribution < 1.29 is 19.1 Å². The van der Waals surface area contributed by atoms with Crippen LogP contribution in [0, 0.1) is 0 Å². The molecule has 3 amide bonds. The van der Waals surface area contributed by atoms with Crippen LogP contribution >= 0.6 is 0 Å². The lowest BCUT2D eigenvalue weighted by molar-refractivity contribution is -0.131. The first-order valence-corrected chi connectivity index (χ1v) is 12.6. The lowest BCUT2D eigenvalue weighted by atomic mass is 10.1. The molecule has 10 heteroatoms. The molecule has 2 heterocycles. The van der Waals surface area contributed by atoms with E-state index in [-0.39, 0.29) is 18.5 Å². The Hall–Kier alpha value is -3.56. The van der Waals surface area contributed by atoms with Crippen LogP contribution in [-0.4, -0.2) is 92.0 Å². The third-order valence-corrected chi connectivity index (χ3v) is 6.14. The summed E-state index contributed by atoms with van der Waals surface area (Å²) in [7, 11) is 3.21. The van der Waals surface area contributed by atoms with E-state index in [1.807, 2.05) is 49.1 Å². The molecule has 3 rings (SSSR count). The van der Waals surface area contributed by atoms with Crippen molar-refractivity contribution in [2.45, 2.75) is 33.1 Å². The number of anilines is 1. The fraction of sp³-hybridized carbons (Fsp3) is 0.538. The van der Waals surface area contributed by atoms with Crippen LogP contribution in [0.5, 0.6) is 11.5 Å². The third-order valence-electron chi connectivity index (χ3n) is 6.14. The molecule has 0 aliphatic carbocycles. The van der Waals surface area contributed by atoms with Gasteiger partial charge in [0.1, 0.15) is 6.54 Å². The Balaban J connectivity index is 1.60. The maximum atomic E-state index is 13.0. The van der Waals surface area contributed by atoms with Gasteiger partial charge in [-0.1, -0.05) is 13.8 Å². The van der Waals surface area contributed by atoms with Gasteiger partial charge in [0.2, 0.25) is 5.91 Å². The van der Waals surface area contributed by atoms with Crippen molar-refractivity contribution in [1.82, 2.24) is 25.3 Å². The van der Waals surface area contributed by atoms with Gasteiger partial charge < -0.3 is 29.5 Å². The second-order valence-corrected chi connectivity index (χ2v) is 8.72. The number of urea groups is 1. The maximum Gasteiger partial charge on any atom is 0.317 e. The third kappa shape index (κ3) is 6.99. The minimum atomic E-state index is -0.173. The molecule has 1 aromatic heterocycles. The minimum Gasteiger partial charge on any atom is -0.493 e. The fourth-order valence-corrected chi connectivity index (χ4v) is 4.17. The summed E-state index contributed by atoms with van der Waals surface area (Å²) in [6.07, 6.45) is 2.49. The summed E-state index contributed by atoms with van der Waals surface area (Å²) in [5, 5.41) is 11.8. The van der Waals surface area contributed by atoms with Crippen LogP contribution in [0.2, 0.25) is 0 Å². The molecule has 10 nitrogen and oxygen atoms in total. The number of benzene rings is 1. The van der Waals surface area contributed by atoms with Crippen molar-refractivity contribution in [2.75, 3.05) is 64.9 Å². The van der Waals surface area contributed by atoms with Gasteiger partial charge in [0.25, 0.3) is 0 Å². The maximum absolute atomic E-state index is 13.0. The molecule has 0 atom stereocenters. The molecule has 1 saturated heterocycles. The highest BCUT2D eigenvalue weighted by Gasteiger charge is 2.23. The van der Waals surface area contributed by atoms with Gasteiger partial charge in [-0.25, -0.2) is 4.79 Å². The monoisotopic (exact) mass is 498 g/mol. The number of nitrogens with zero attached hydrogens (tertiary/aromatic N) is 5. The topological polar surface area (TPSA) is 100 Å². The first-order chi connectivity index (χ1) is 17.5. The predicted octanol–water partition coefficient (Wildman–Crippen LogP) is 3.03. The molecule has 196 valence electrons. The molecule has 0 radical (unpaired) electrons. The summed E-state index contributed by atoms with van der Waals surface area (Å²) in [6.45, 7) is 7.95.